The lowest BCUT2D eigenvalue weighted by Crippen LogP contribution is -2.29. The number of thiocarbonyl (C=S) groups is 1. The number of carbonyl (C=O) groups is 3. The predicted molar refractivity (Wildman–Crippen MR) is 141 cm³/mol. The Bertz CT molecular complexity index is 1230. The third-order valence-corrected chi connectivity index (χ3v) is 7.05. The van der Waals surface area contributed by atoms with Crippen molar-refractivity contribution >= 4 is 69.4 Å². The summed E-state index contributed by atoms with van der Waals surface area (Å²) >= 11 is 12.1. The molecule has 0 radical (unpaired) electrons. The fourth-order valence-corrected chi connectivity index (χ4v) is 4.99. The van der Waals surface area contributed by atoms with Gasteiger partial charge < -0.3 is 10.1 Å². The fourth-order valence-electron chi connectivity index (χ4n) is 3.45. The Morgan fingerprint density at radius 2 is 1.84 bits per heavy atom. The molecule has 1 heterocycles. The Morgan fingerprint density at radius 1 is 1.14 bits per heavy atom. The fraction of sp³-hybridized carbons (Fsp3) is 0.280. The highest BCUT2D eigenvalue weighted by Crippen LogP contribution is 2.36. The van der Waals surface area contributed by atoms with Gasteiger partial charge in [-0.3, -0.25) is 14.5 Å². The molecule has 1 aliphatic heterocycles. The number of alkyl halides is 3. The van der Waals surface area contributed by atoms with Crippen molar-refractivity contribution in [2.75, 3.05) is 19.0 Å². The van der Waals surface area contributed by atoms with E-state index in [0.717, 1.165) is 17.7 Å². The van der Waals surface area contributed by atoms with Crippen molar-refractivity contribution < 1.29 is 32.3 Å². The van der Waals surface area contributed by atoms with Gasteiger partial charge in [-0.15, -0.1) is 0 Å². The molecule has 2 aromatic rings. The number of hydrogen-bond acceptors (Lipinski definition) is 6. The Hall–Kier alpha value is -2.89. The lowest BCUT2D eigenvalue weighted by molar-refractivity contribution is -0.137. The molecule has 1 fully saturated rings. The molecule has 1 saturated heterocycles. The van der Waals surface area contributed by atoms with Crippen molar-refractivity contribution in [3.63, 3.8) is 0 Å². The van der Waals surface area contributed by atoms with Crippen molar-refractivity contribution in [1.29, 1.82) is 0 Å². The maximum absolute atomic E-state index is 13.0. The molecule has 12 heteroatoms. The van der Waals surface area contributed by atoms with E-state index in [1.807, 2.05) is 0 Å². The van der Waals surface area contributed by atoms with Crippen LogP contribution < -0.4 is 5.32 Å². The SMILES string of the molecule is COC(=O)c1ccc(C=C2SC(=S)N(CCCCCC(=O)Nc3ccc(Cl)c(C(F)(F)F)c3)C2=O)cc1. The minimum Gasteiger partial charge on any atom is -0.465 e. The van der Waals surface area contributed by atoms with Gasteiger partial charge in [0.25, 0.3) is 5.91 Å². The number of rotatable bonds is 9. The molecular formula is C25H22ClF3N2O4S2. The van der Waals surface area contributed by atoms with E-state index >= 15 is 0 Å². The Morgan fingerprint density at radius 3 is 2.49 bits per heavy atom. The summed E-state index contributed by atoms with van der Waals surface area (Å²) < 4.78 is 44.0. The van der Waals surface area contributed by atoms with E-state index in [0.29, 0.717) is 40.6 Å². The third-order valence-electron chi connectivity index (χ3n) is 5.34. The average molecular weight is 571 g/mol. The zero-order valence-corrected chi connectivity index (χ0v) is 22.0. The summed E-state index contributed by atoms with van der Waals surface area (Å²) in [5.74, 6) is -1.08. The Labute approximate surface area is 226 Å². The number of amides is 2. The molecule has 0 bridgehead atoms. The molecular weight excluding hydrogens is 549 g/mol. The smallest absolute Gasteiger partial charge is 0.417 e. The van der Waals surface area contributed by atoms with Crippen molar-refractivity contribution in [1.82, 2.24) is 4.90 Å². The average Bonchev–Trinajstić information content (AvgIpc) is 3.11. The van der Waals surface area contributed by atoms with Crippen molar-refractivity contribution in [2.24, 2.45) is 0 Å². The number of ether oxygens (including phenoxy) is 1. The van der Waals surface area contributed by atoms with Crippen LogP contribution >= 0.6 is 35.6 Å². The highest BCUT2D eigenvalue weighted by atomic mass is 35.5. The zero-order chi connectivity index (χ0) is 27.2. The van der Waals surface area contributed by atoms with Crippen molar-refractivity contribution in [3.8, 4) is 0 Å². The molecule has 6 nitrogen and oxygen atoms in total. The molecule has 0 aliphatic carbocycles. The van der Waals surface area contributed by atoms with Gasteiger partial charge in [0.05, 0.1) is 28.2 Å². The molecule has 1 aliphatic rings. The molecule has 1 N–H and O–H groups in total. The predicted octanol–water partition coefficient (Wildman–Crippen LogP) is 6.55. The van der Waals surface area contributed by atoms with E-state index in [9.17, 15) is 27.6 Å². The molecule has 0 atom stereocenters. The van der Waals surface area contributed by atoms with Crippen LogP contribution in [-0.4, -0.2) is 40.7 Å². The standard InChI is InChI=1S/C25H22ClF3N2O4S2/c1-35-23(34)16-8-6-15(7-9-16)13-20-22(33)31(24(36)37-20)12-4-2-3-5-21(32)30-17-10-11-19(26)18(14-17)25(27,28)29/h6-11,13-14H,2-5,12H2,1H3,(H,30,32). The first kappa shape index (κ1) is 28.7. The third kappa shape index (κ3) is 7.80. The first-order valence-corrected chi connectivity index (χ1v) is 12.7. The van der Waals surface area contributed by atoms with Crippen LogP contribution in [0.25, 0.3) is 6.08 Å². The molecule has 0 spiro atoms. The van der Waals surface area contributed by atoms with Gasteiger partial charge in [-0.05, 0) is 54.8 Å². The summed E-state index contributed by atoms with van der Waals surface area (Å²) in [6.45, 7) is 0.386. The summed E-state index contributed by atoms with van der Waals surface area (Å²) in [5, 5.41) is 2.01. The van der Waals surface area contributed by atoms with Gasteiger partial charge in [-0.25, -0.2) is 4.79 Å². The number of nitrogens with one attached hydrogen (secondary N) is 1. The number of thioether (sulfide) groups is 1. The lowest BCUT2D eigenvalue weighted by atomic mass is 10.1. The summed E-state index contributed by atoms with van der Waals surface area (Å²) in [5.41, 5.74) is 0.149. The van der Waals surface area contributed by atoms with Gasteiger partial charge in [-0.1, -0.05) is 54.1 Å². The first-order chi connectivity index (χ1) is 17.5. The molecule has 196 valence electrons. The van der Waals surface area contributed by atoms with Crippen LogP contribution in [0.1, 0.15) is 47.2 Å². The summed E-state index contributed by atoms with van der Waals surface area (Å²) in [7, 11) is 1.30. The molecule has 0 unspecified atom stereocenters. The topological polar surface area (TPSA) is 75.7 Å². The van der Waals surface area contributed by atoms with Gasteiger partial charge in [0.1, 0.15) is 4.32 Å². The largest absolute Gasteiger partial charge is 0.465 e. The first-order valence-electron chi connectivity index (χ1n) is 11.1. The zero-order valence-electron chi connectivity index (χ0n) is 19.6. The number of unbranched alkanes of at least 4 members (excludes halogenated alkanes) is 2. The van der Waals surface area contributed by atoms with Crippen LogP contribution in [0.2, 0.25) is 5.02 Å². The van der Waals surface area contributed by atoms with Crippen LogP contribution in [0.5, 0.6) is 0 Å². The Kier molecular flexibility index (Phi) is 9.74. The maximum atomic E-state index is 13.0. The number of hydrogen-bond donors (Lipinski definition) is 1. The van der Waals surface area contributed by atoms with E-state index in [4.69, 9.17) is 23.8 Å². The quantitative estimate of drug-likeness (QED) is 0.160. The highest BCUT2D eigenvalue weighted by molar-refractivity contribution is 8.26. The van der Waals surface area contributed by atoms with Crippen LogP contribution in [0.4, 0.5) is 18.9 Å². The van der Waals surface area contributed by atoms with E-state index in [2.05, 4.69) is 10.1 Å². The number of halogens is 4. The molecule has 0 aromatic heterocycles. The number of carbonyl (C=O) groups excluding carboxylic acids is 3. The summed E-state index contributed by atoms with van der Waals surface area (Å²) in [4.78, 5) is 38.4. The summed E-state index contributed by atoms with van der Waals surface area (Å²) in [6, 6.07) is 9.83. The van der Waals surface area contributed by atoms with Gasteiger partial charge in [0, 0.05) is 18.7 Å². The number of methoxy groups -OCH3 is 1. The summed E-state index contributed by atoms with van der Waals surface area (Å²) in [6.07, 6.45) is -1.10. The number of esters is 1. The molecule has 37 heavy (non-hydrogen) atoms. The molecule has 2 aromatic carbocycles. The van der Waals surface area contributed by atoms with Gasteiger partial charge in [0.2, 0.25) is 5.91 Å². The number of benzene rings is 2. The normalized spacial score (nSPS) is 14.8. The van der Waals surface area contributed by atoms with Gasteiger partial charge in [0.15, 0.2) is 0 Å². The van der Waals surface area contributed by atoms with Crippen molar-refractivity contribution in [2.45, 2.75) is 31.9 Å². The van der Waals surface area contributed by atoms with Gasteiger partial charge in [-0.2, -0.15) is 13.2 Å². The second-order valence-corrected chi connectivity index (χ2v) is 10.1. The van der Waals surface area contributed by atoms with E-state index < -0.39 is 28.6 Å². The van der Waals surface area contributed by atoms with Crippen LogP contribution in [0.15, 0.2) is 47.4 Å². The molecule has 3 rings (SSSR count). The Balaban J connectivity index is 1.45. The number of anilines is 1. The highest BCUT2D eigenvalue weighted by Gasteiger charge is 2.33. The maximum Gasteiger partial charge on any atom is 0.417 e. The van der Waals surface area contributed by atoms with Gasteiger partial charge >= 0.3 is 12.1 Å². The molecule has 0 saturated carbocycles. The second kappa shape index (κ2) is 12.6. The van der Waals surface area contributed by atoms with E-state index in [1.165, 1.54) is 29.8 Å². The van der Waals surface area contributed by atoms with E-state index in [1.54, 1.807) is 30.3 Å². The van der Waals surface area contributed by atoms with Crippen molar-refractivity contribution in [3.05, 3.63) is 69.1 Å². The lowest BCUT2D eigenvalue weighted by Gasteiger charge is -2.14. The van der Waals surface area contributed by atoms with E-state index in [-0.39, 0.29) is 18.0 Å². The van der Waals surface area contributed by atoms with Crippen LogP contribution in [0.3, 0.4) is 0 Å². The monoisotopic (exact) mass is 570 g/mol. The minimum absolute atomic E-state index is 0.0195. The second-order valence-electron chi connectivity index (χ2n) is 8.00. The minimum atomic E-state index is -4.62. The van der Waals surface area contributed by atoms with Crippen LogP contribution in [-0.2, 0) is 20.5 Å². The number of nitrogens with zero attached hydrogens (tertiary/aromatic N) is 1. The molecule has 2 amide bonds. The van der Waals surface area contributed by atoms with Crippen LogP contribution in [0, 0.1) is 0 Å².